The van der Waals surface area contributed by atoms with Crippen molar-refractivity contribution in [2.24, 2.45) is 0 Å². The summed E-state index contributed by atoms with van der Waals surface area (Å²) in [5.41, 5.74) is 7.40. The summed E-state index contributed by atoms with van der Waals surface area (Å²) in [4.78, 5) is 4.14. The minimum atomic E-state index is 0.283. The lowest BCUT2D eigenvalue weighted by Crippen LogP contribution is -2.02. The normalized spacial score (nSPS) is 10.4. The van der Waals surface area contributed by atoms with E-state index in [9.17, 15) is 0 Å². The molecule has 0 saturated carbocycles. The maximum atomic E-state index is 6.02. The highest BCUT2D eigenvalue weighted by Crippen LogP contribution is 2.27. The van der Waals surface area contributed by atoms with E-state index in [4.69, 9.17) is 22.1 Å². The quantitative estimate of drug-likeness (QED) is 0.928. The van der Waals surface area contributed by atoms with Gasteiger partial charge in [0.1, 0.15) is 18.2 Å². The smallest absolute Gasteiger partial charge is 0.134 e. The van der Waals surface area contributed by atoms with Crippen LogP contribution in [0.3, 0.4) is 0 Å². The molecule has 0 amide bonds. The van der Waals surface area contributed by atoms with E-state index in [1.807, 2.05) is 25.1 Å². The molecule has 0 spiro atoms. The highest BCUT2D eigenvalue weighted by atomic mass is 79.9. The maximum Gasteiger partial charge on any atom is 0.134 e. The van der Waals surface area contributed by atoms with Crippen molar-refractivity contribution in [2.45, 2.75) is 13.5 Å². The number of aryl methyl sites for hydroxylation is 1. The van der Waals surface area contributed by atoms with Crippen LogP contribution in [0.5, 0.6) is 5.75 Å². The number of nitrogen functional groups attached to an aromatic ring is 1. The summed E-state index contributed by atoms with van der Waals surface area (Å²) in [5.74, 6) is 1.18. The lowest BCUT2D eigenvalue weighted by atomic mass is 10.2. The van der Waals surface area contributed by atoms with Crippen molar-refractivity contribution in [1.29, 1.82) is 0 Å². The molecule has 3 nitrogen and oxygen atoms in total. The number of hydrogen-bond donors (Lipinski definition) is 1. The van der Waals surface area contributed by atoms with Crippen LogP contribution in [-0.2, 0) is 6.61 Å². The van der Waals surface area contributed by atoms with Crippen LogP contribution in [-0.4, -0.2) is 4.98 Å². The molecule has 0 aliphatic rings. The van der Waals surface area contributed by atoms with Crippen molar-refractivity contribution in [1.82, 2.24) is 4.98 Å². The molecule has 0 unspecified atom stereocenters. The maximum absolute atomic E-state index is 6.02. The van der Waals surface area contributed by atoms with Crippen molar-refractivity contribution in [3.8, 4) is 5.75 Å². The van der Waals surface area contributed by atoms with Crippen LogP contribution >= 0.6 is 27.5 Å². The fourth-order valence-corrected chi connectivity index (χ4v) is 2.24. The highest BCUT2D eigenvalue weighted by Gasteiger charge is 2.06. The average molecular weight is 328 g/mol. The van der Waals surface area contributed by atoms with Crippen molar-refractivity contribution in [3.05, 3.63) is 51.1 Å². The second-order valence-corrected chi connectivity index (χ2v) is 5.15. The van der Waals surface area contributed by atoms with Gasteiger partial charge in [-0.2, -0.15) is 0 Å². The fraction of sp³-hybridized carbons (Fsp3) is 0.154. The van der Waals surface area contributed by atoms with Crippen LogP contribution in [0.2, 0.25) is 5.02 Å². The zero-order valence-electron chi connectivity index (χ0n) is 9.78. The summed E-state index contributed by atoms with van der Waals surface area (Å²) < 4.78 is 6.57. The van der Waals surface area contributed by atoms with E-state index in [0.29, 0.717) is 16.5 Å². The van der Waals surface area contributed by atoms with Gasteiger partial charge in [0.2, 0.25) is 0 Å². The molecule has 0 atom stereocenters. The SMILES string of the molecule is Cc1ccc(OCc2nc(N)ccc2Cl)c(Br)c1. The van der Waals surface area contributed by atoms with E-state index in [1.54, 1.807) is 12.1 Å². The Hall–Kier alpha value is -1.26. The van der Waals surface area contributed by atoms with Crippen molar-refractivity contribution >= 4 is 33.3 Å². The number of ether oxygens (including phenoxy) is 1. The molecule has 0 bridgehead atoms. The van der Waals surface area contributed by atoms with Gasteiger partial charge in [0.05, 0.1) is 15.2 Å². The Morgan fingerprint density at radius 3 is 2.83 bits per heavy atom. The van der Waals surface area contributed by atoms with Crippen LogP contribution in [0.15, 0.2) is 34.8 Å². The molecule has 94 valence electrons. The summed E-state index contributed by atoms with van der Waals surface area (Å²) >= 11 is 9.47. The lowest BCUT2D eigenvalue weighted by molar-refractivity contribution is 0.299. The molecule has 0 aliphatic heterocycles. The van der Waals surface area contributed by atoms with Crippen LogP contribution in [0.25, 0.3) is 0 Å². The van der Waals surface area contributed by atoms with Gasteiger partial charge in [-0.3, -0.25) is 0 Å². The largest absolute Gasteiger partial charge is 0.486 e. The molecule has 18 heavy (non-hydrogen) atoms. The number of nitrogens with zero attached hydrogens (tertiary/aromatic N) is 1. The number of aromatic nitrogens is 1. The van der Waals surface area contributed by atoms with Crippen molar-refractivity contribution in [3.63, 3.8) is 0 Å². The third kappa shape index (κ3) is 3.15. The lowest BCUT2D eigenvalue weighted by Gasteiger charge is -2.09. The van der Waals surface area contributed by atoms with Gasteiger partial charge in [0.15, 0.2) is 0 Å². The first kappa shape index (κ1) is 13.2. The molecule has 0 fully saturated rings. The molecule has 0 saturated heterocycles. The summed E-state index contributed by atoms with van der Waals surface area (Å²) in [6, 6.07) is 9.25. The van der Waals surface area contributed by atoms with E-state index in [0.717, 1.165) is 15.8 Å². The Labute approximate surface area is 119 Å². The van der Waals surface area contributed by atoms with Gasteiger partial charge in [-0.05, 0) is 52.7 Å². The Kier molecular flexibility index (Phi) is 4.09. The van der Waals surface area contributed by atoms with Crippen LogP contribution in [0.4, 0.5) is 5.82 Å². The second kappa shape index (κ2) is 5.59. The second-order valence-electron chi connectivity index (χ2n) is 3.89. The molecular formula is C13H12BrClN2O. The highest BCUT2D eigenvalue weighted by molar-refractivity contribution is 9.10. The molecular weight excluding hydrogens is 316 g/mol. The Bertz CT molecular complexity index is 575. The molecule has 0 radical (unpaired) electrons. The van der Waals surface area contributed by atoms with E-state index in [-0.39, 0.29) is 6.61 Å². The predicted octanol–water partition coefficient (Wildman–Crippen LogP) is 3.97. The number of rotatable bonds is 3. The third-order valence-corrected chi connectivity index (χ3v) is 3.36. The number of pyridine rings is 1. The van der Waals surface area contributed by atoms with Gasteiger partial charge < -0.3 is 10.5 Å². The molecule has 5 heteroatoms. The first-order valence-electron chi connectivity index (χ1n) is 5.36. The minimum Gasteiger partial charge on any atom is -0.486 e. The first-order valence-corrected chi connectivity index (χ1v) is 6.53. The number of halogens is 2. The monoisotopic (exact) mass is 326 g/mol. The summed E-state index contributed by atoms with van der Waals surface area (Å²) in [7, 11) is 0. The summed E-state index contributed by atoms with van der Waals surface area (Å²) in [6.45, 7) is 2.30. The van der Waals surface area contributed by atoms with Crippen molar-refractivity contribution in [2.75, 3.05) is 5.73 Å². The average Bonchev–Trinajstić information content (AvgIpc) is 2.32. The molecule has 2 aromatic rings. The van der Waals surface area contributed by atoms with Crippen molar-refractivity contribution < 1.29 is 4.74 Å². The van der Waals surface area contributed by atoms with Gasteiger partial charge in [-0.1, -0.05) is 17.7 Å². The summed E-state index contributed by atoms with van der Waals surface area (Å²) in [6.07, 6.45) is 0. The molecule has 1 aromatic carbocycles. The predicted molar refractivity (Wildman–Crippen MR) is 76.9 cm³/mol. The number of nitrogens with two attached hydrogens (primary N) is 1. The topological polar surface area (TPSA) is 48.1 Å². The molecule has 2 rings (SSSR count). The summed E-state index contributed by atoms with van der Waals surface area (Å²) in [5, 5.41) is 0.549. The standard InChI is InChI=1S/C13H12BrClN2O/c1-8-2-4-12(9(14)6-8)18-7-11-10(15)3-5-13(16)17-11/h2-6H,7H2,1H3,(H2,16,17). The van der Waals surface area contributed by atoms with E-state index < -0.39 is 0 Å². The Morgan fingerprint density at radius 2 is 2.11 bits per heavy atom. The molecule has 0 aliphatic carbocycles. The van der Waals surface area contributed by atoms with Gasteiger partial charge in [-0.15, -0.1) is 0 Å². The van der Waals surface area contributed by atoms with Crippen LogP contribution < -0.4 is 10.5 Å². The van der Waals surface area contributed by atoms with E-state index in [1.165, 1.54) is 0 Å². The van der Waals surface area contributed by atoms with E-state index in [2.05, 4.69) is 20.9 Å². The minimum absolute atomic E-state index is 0.283. The number of benzene rings is 1. The Balaban J connectivity index is 2.13. The van der Waals surface area contributed by atoms with Gasteiger partial charge >= 0.3 is 0 Å². The zero-order valence-corrected chi connectivity index (χ0v) is 12.1. The first-order chi connectivity index (χ1) is 8.56. The van der Waals surface area contributed by atoms with E-state index >= 15 is 0 Å². The van der Waals surface area contributed by atoms with Gasteiger partial charge in [0, 0.05) is 0 Å². The van der Waals surface area contributed by atoms with Gasteiger partial charge in [-0.25, -0.2) is 4.98 Å². The number of hydrogen-bond acceptors (Lipinski definition) is 3. The van der Waals surface area contributed by atoms with Gasteiger partial charge in [0.25, 0.3) is 0 Å². The molecule has 2 N–H and O–H groups in total. The van der Waals surface area contributed by atoms with Crippen LogP contribution in [0, 0.1) is 6.92 Å². The third-order valence-electron chi connectivity index (χ3n) is 2.39. The fourth-order valence-electron chi connectivity index (χ4n) is 1.47. The molecule has 1 aromatic heterocycles. The molecule has 1 heterocycles. The number of anilines is 1. The van der Waals surface area contributed by atoms with Crippen LogP contribution in [0.1, 0.15) is 11.3 Å². The zero-order chi connectivity index (χ0) is 13.1. The Morgan fingerprint density at radius 1 is 1.33 bits per heavy atom.